The first-order chi connectivity index (χ1) is 10.9. The maximum absolute atomic E-state index is 12.5. The topological polar surface area (TPSA) is 67.4 Å². The molecule has 2 N–H and O–H groups in total. The summed E-state index contributed by atoms with van der Waals surface area (Å²) in [5, 5.41) is 5.77. The monoisotopic (exact) mass is 398 g/mol. The van der Waals surface area contributed by atoms with Crippen molar-refractivity contribution in [2.24, 2.45) is 5.92 Å². The quantitative estimate of drug-likeness (QED) is 0.783. The van der Waals surface area contributed by atoms with E-state index >= 15 is 0 Å². The lowest BCUT2D eigenvalue weighted by atomic mass is 9.88. The Morgan fingerprint density at radius 1 is 1.12 bits per heavy atom. The van der Waals surface area contributed by atoms with Gasteiger partial charge in [-0.1, -0.05) is 29.8 Å². The second kappa shape index (κ2) is 8.01. The van der Waals surface area contributed by atoms with Gasteiger partial charge in [-0.05, 0) is 57.9 Å². The van der Waals surface area contributed by atoms with Crippen molar-refractivity contribution in [2.75, 3.05) is 6.54 Å². The summed E-state index contributed by atoms with van der Waals surface area (Å²) in [4.78, 5) is 24.3. The first-order valence-corrected chi connectivity index (χ1v) is 8.77. The van der Waals surface area contributed by atoms with Crippen LogP contribution in [0.3, 0.4) is 0 Å². The Balaban J connectivity index is 2.75. The fraction of sp³-hybridized carbons (Fsp3) is 0.556. The molecular weight excluding hydrogens is 372 g/mol. The van der Waals surface area contributed by atoms with E-state index in [4.69, 9.17) is 4.74 Å². The molecule has 0 radical (unpaired) electrons. The minimum absolute atomic E-state index is 0.117. The van der Waals surface area contributed by atoms with Crippen molar-refractivity contribution < 1.29 is 14.3 Å². The van der Waals surface area contributed by atoms with Crippen molar-refractivity contribution >= 4 is 27.9 Å². The highest BCUT2D eigenvalue weighted by Crippen LogP contribution is 2.18. The number of halogens is 1. The molecule has 5 nitrogen and oxygen atoms in total. The summed E-state index contributed by atoms with van der Waals surface area (Å²) in [6.07, 6.45) is -0.493. The highest BCUT2D eigenvalue weighted by molar-refractivity contribution is 9.10. The van der Waals surface area contributed by atoms with E-state index in [9.17, 15) is 9.59 Å². The number of alkyl carbamates (subject to hydrolysis) is 1. The molecule has 1 rings (SSSR count). The van der Waals surface area contributed by atoms with Crippen LogP contribution in [0.2, 0.25) is 0 Å². The van der Waals surface area contributed by atoms with Crippen LogP contribution in [0.5, 0.6) is 0 Å². The van der Waals surface area contributed by atoms with E-state index in [0.29, 0.717) is 5.56 Å². The molecule has 24 heavy (non-hydrogen) atoms. The zero-order chi connectivity index (χ0) is 18.5. The molecule has 1 aromatic carbocycles. The van der Waals surface area contributed by atoms with Crippen LogP contribution in [0.1, 0.15) is 51.9 Å². The Morgan fingerprint density at radius 2 is 1.67 bits per heavy atom. The number of amides is 2. The molecule has 6 heteroatoms. The van der Waals surface area contributed by atoms with Gasteiger partial charge in [-0.15, -0.1) is 0 Å². The van der Waals surface area contributed by atoms with Gasteiger partial charge in [0.15, 0.2) is 0 Å². The summed E-state index contributed by atoms with van der Waals surface area (Å²) in [5.74, 6) is -0.0588. The van der Waals surface area contributed by atoms with Crippen LogP contribution in [0.15, 0.2) is 28.7 Å². The second-order valence-corrected chi connectivity index (χ2v) is 8.30. The molecule has 0 spiro atoms. The number of hydrogen-bond acceptors (Lipinski definition) is 3. The summed E-state index contributed by atoms with van der Waals surface area (Å²) in [7, 11) is 0. The van der Waals surface area contributed by atoms with E-state index in [-0.39, 0.29) is 18.4 Å². The van der Waals surface area contributed by atoms with Crippen LogP contribution in [-0.2, 0) is 4.74 Å². The number of carbonyl (C=O) groups excluding carboxylic acids is 2. The van der Waals surface area contributed by atoms with Crippen molar-refractivity contribution in [3.05, 3.63) is 34.3 Å². The molecular formula is C18H27BrN2O3. The van der Waals surface area contributed by atoms with Crippen LogP contribution < -0.4 is 10.6 Å². The highest BCUT2D eigenvalue weighted by atomic mass is 79.9. The van der Waals surface area contributed by atoms with E-state index in [1.54, 1.807) is 12.1 Å². The minimum atomic E-state index is -0.596. The molecule has 0 aliphatic carbocycles. The first kappa shape index (κ1) is 20.5. The summed E-state index contributed by atoms with van der Waals surface area (Å²) in [6.45, 7) is 11.6. The molecule has 2 amide bonds. The number of ether oxygens (including phenoxy) is 1. The molecule has 0 fully saturated rings. The van der Waals surface area contributed by atoms with E-state index in [2.05, 4.69) is 26.6 Å². The van der Waals surface area contributed by atoms with Crippen molar-refractivity contribution in [3.8, 4) is 0 Å². The largest absolute Gasteiger partial charge is 0.444 e. The smallest absolute Gasteiger partial charge is 0.407 e. The Kier molecular flexibility index (Phi) is 6.84. The second-order valence-electron chi connectivity index (χ2n) is 7.39. The third-order valence-electron chi connectivity index (χ3n) is 3.78. The minimum Gasteiger partial charge on any atom is -0.444 e. The molecule has 0 saturated heterocycles. The number of rotatable bonds is 5. The highest BCUT2D eigenvalue weighted by Gasteiger charge is 2.31. The molecule has 0 bridgehead atoms. The average molecular weight is 399 g/mol. The summed E-state index contributed by atoms with van der Waals surface area (Å²) in [5.41, 5.74) is -0.581. The van der Waals surface area contributed by atoms with Gasteiger partial charge >= 0.3 is 6.09 Å². The van der Waals surface area contributed by atoms with Crippen molar-refractivity contribution in [1.82, 2.24) is 10.6 Å². The Bertz CT molecular complexity index is 579. The van der Waals surface area contributed by atoms with Crippen molar-refractivity contribution in [1.29, 1.82) is 0 Å². The third kappa shape index (κ3) is 6.51. The van der Waals surface area contributed by atoms with Gasteiger partial charge < -0.3 is 15.4 Å². The lowest BCUT2D eigenvalue weighted by molar-refractivity contribution is 0.0497. The van der Waals surface area contributed by atoms with E-state index in [1.165, 1.54) is 0 Å². The lowest BCUT2D eigenvalue weighted by Gasteiger charge is -2.35. The van der Waals surface area contributed by atoms with Crippen LogP contribution in [-0.4, -0.2) is 29.7 Å². The van der Waals surface area contributed by atoms with Crippen LogP contribution in [0, 0.1) is 5.92 Å². The number of carbonyl (C=O) groups is 2. The van der Waals surface area contributed by atoms with Gasteiger partial charge in [0, 0.05) is 16.6 Å². The maximum Gasteiger partial charge on any atom is 0.407 e. The van der Waals surface area contributed by atoms with Crippen LogP contribution >= 0.6 is 15.9 Å². The summed E-state index contributed by atoms with van der Waals surface area (Å²) < 4.78 is 6.16. The average Bonchev–Trinajstić information content (AvgIpc) is 2.44. The van der Waals surface area contributed by atoms with Gasteiger partial charge in [0.2, 0.25) is 0 Å². The third-order valence-corrected chi connectivity index (χ3v) is 4.31. The van der Waals surface area contributed by atoms with Gasteiger partial charge in [-0.2, -0.15) is 0 Å². The molecule has 134 valence electrons. The van der Waals surface area contributed by atoms with E-state index < -0.39 is 17.2 Å². The molecule has 0 aliphatic rings. The number of benzene rings is 1. The summed E-state index contributed by atoms with van der Waals surface area (Å²) in [6, 6.07) is 7.14. The SMILES string of the molecule is CC(C)C(C)(CNC(=O)OC(C)(C)C)NC(=O)c1ccc(Br)cc1. The fourth-order valence-electron chi connectivity index (χ4n) is 1.90. The molecule has 0 aromatic heterocycles. The molecule has 1 unspecified atom stereocenters. The summed E-state index contributed by atoms with van der Waals surface area (Å²) >= 11 is 3.35. The van der Waals surface area contributed by atoms with Crippen LogP contribution in [0.25, 0.3) is 0 Å². The number of hydrogen-bond donors (Lipinski definition) is 2. The van der Waals surface area contributed by atoms with Crippen molar-refractivity contribution in [2.45, 2.75) is 52.7 Å². The predicted molar refractivity (Wildman–Crippen MR) is 99.1 cm³/mol. The molecule has 0 aliphatic heterocycles. The fourth-order valence-corrected chi connectivity index (χ4v) is 2.16. The number of nitrogens with one attached hydrogen (secondary N) is 2. The Hall–Kier alpha value is -1.56. The lowest BCUT2D eigenvalue weighted by Crippen LogP contribution is -2.57. The van der Waals surface area contributed by atoms with E-state index in [1.807, 2.05) is 53.7 Å². The van der Waals surface area contributed by atoms with Gasteiger partial charge in [0.1, 0.15) is 5.60 Å². The maximum atomic E-state index is 12.5. The molecule has 1 aromatic rings. The zero-order valence-electron chi connectivity index (χ0n) is 15.2. The molecule has 0 heterocycles. The van der Waals surface area contributed by atoms with Crippen molar-refractivity contribution in [3.63, 3.8) is 0 Å². The molecule has 1 atom stereocenters. The van der Waals surface area contributed by atoms with Gasteiger partial charge in [-0.25, -0.2) is 4.79 Å². The van der Waals surface area contributed by atoms with Gasteiger partial charge in [-0.3, -0.25) is 4.79 Å². The Labute approximate surface area is 152 Å². The van der Waals surface area contributed by atoms with Crippen LogP contribution in [0.4, 0.5) is 4.79 Å². The Morgan fingerprint density at radius 3 is 2.12 bits per heavy atom. The van der Waals surface area contributed by atoms with Gasteiger partial charge in [0.25, 0.3) is 5.91 Å². The van der Waals surface area contributed by atoms with Gasteiger partial charge in [0.05, 0.1) is 5.54 Å². The standard InChI is InChI=1S/C18H27BrN2O3/c1-12(2)18(6,11-20-16(23)24-17(3,4)5)21-15(22)13-7-9-14(19)10-8-13/h7-10,12H,11H2,1-6H3,(H,20,23)(H,21,22). The predicted octanol–water partition coefficient (Wildman–Crippen LogP) is 4.12. The normalized spacial score (nSPS) is 14.0. The van der Waals surface area contributed by atoms with E-state index in [0.717, 1.165) is 4.47 Å². The first-order valence-electron chi connectivity index (χ1n) is 7.98. The molecule has 0 saturated carbocycles. The zero-order valence-corrected chi connectivity index (χ0v) is 16.8.